The molecule has 6 heteroatoms. The summed E-state index contributed by atoms with van der Waals surface area (Å²) in [5.41, 5.74) is 1.000. The van der Waals surface area contributed by atoms with Crippen LogP contribution in [0.15, 0.2) is 28.1 Å². The molecule has 0 spiro atoms. The molecule has 0 radical (unpaired) electrons. The molecule has 2 aromatic rings. The zero-order valence-corrected chi connectivity index (χ0v) is 15.2. The van der Waals surface area contributed by atoms with E-state index in [4.69, 9.17) is 21.1 Å². The summed E-state index contributed by atoms with van der Waals surface area (Å²) in [6.45, 7) is 2.92. The Kier molecular flexibility index (Phi) is 5.93. The monoisotopic (exact) mass is 389 g/mol. The van der Waals surface area contributed by atoms with Crippen LogP contribution in [0.1, 0.15) is 23.4 Å². The number of hydrogen-bond donors (Lipinski definition) is 1. The van der Waals surface area contributed by atoms with Gasteiger partial charge in [0.15, 0.2) is 0 Å². The Labute approximate surface area is 142 Å². The Morgan fingerprint density at radius 3 is 2.52 bits per heavy atom. The molecule has 1 atom stereocenters. The smallest absolute Gasteiger partial charge is 0.146 e. The van der Waals surface area contributed by atoms with Crippen molar-refractivity contribution >= 4 is 38.9 Å². The molecular weight excluding hydrogens is 374 g/mol. The van der Waals surface area contributed by atoms with E-state index in [1.165, 1.54) is 4.88 Å². The zero-order chi connectivity index (χ0) is 15.4. The predicted octanol–water partition coefficient (Wildman–Crippen LogP) is 4.88. The average molecular weight is 391 g/mol. The van der Waals surface area contributed by atoms with Gasteiger partial charge in [-0.15, -0.1) is 11.3 Å². The van der Waals surface area contributed by atoms with Crippen molar-refractivity contribution in [3.63, 3.8) is 0 Å². The second kappa shape index (κ2) is 7.49. The van der Waals surface area contributed by atoms with Crippen molar-refractivity contribution < 1.29 is 9.47 Å². The highest BCUT2D eigenvalue weighted by Crippen LogP contribution is 2.42. The van der Waals surface area contributed by atoms with Gasteiger partial charge in [0.2, 0.25) is 0 Å². The van der Waals surface area contributed by atoms with Crippen LogP contribution in [-0.2, 0) is 0 Å². The van der Waals surface area contributed by atoms with E-state index in [2.05, 4.69) is 34.2 Å². The maximum atomic E-state index is 6.37. The van der Waals surface area contributed by atoms with Gasteiger partial charge < -0.3 is 14.8 Å². The summed E-state index contributed by atoms with van der Waals surface area (Å²) >= 11 is 11.6. The standard InChI is InChI=1S/C15H17BrClNO2S/c1-4-18-14(11-7-8-12(16)21-11)9-5-6-10(19-2)13(17)15(9)20-3/h5-8,14,18H,4H2,1-3H3. The van der Waals surface area contributed by atoms with E-state index >= 15 is 0 Å². The number of benzene rings is 1. The van der Waals surface area contributed by atoms with Gasteiger partial charge in [0.25, 0.3) is 0 Å². The molecule has 21 heavy (non-hydrogen) atoms. The number of nitrogens with one attached hydrogen (secondary N) is 1. The molecule has 0 bridgehead atoms. The van der Waals surface area contributed by atoms with E-state index in [1.54, 1.807) is 25.6 Å². The summed E-state index contributed by atoms with van der Waals surface area (Å²) in [6.07, 6.45) is 0. The lowest BCUT2D eigenvalue weighted by Gasteiger charge is -2.21. The molecule has 0 saturated heterocycles. The minimum absolute atomic E-state index is 0.0321. The molecule has 2 rings (SSSR count). The molecule has 1 aromatic heterocycles. The van der Waals surface area contributed by atoms with E-state index in [0.717, 1.165) is 15.9 Å². The lowest BCUT2D eigenvalue weighted by Crippen LogP contribution is -2.21. The van der Waals surface area contributed by atoms with Crippen LogP contribution in [0.2, 0.25) is 5.02 Å². The Morgan fingerprint density at radius 2 is 2.00 bits per heavy atom. The first-order valence-corrected chi connectivity index (χ1v) is 8.50. The van der Waals surface area contributed by atoms with Crippen molar-refractivity contribution in [1.29, 1.82) is 0 Å². The third-order valence-corrected chi connectivity index (χ3v) is 5.16. The number of rotatable bonds is 6. The van der Waals surface area contributed by atoms with Gasteiger partial charge in [0.1, 0.15) is 16.5 Å². The number of methoxy groups -OCH3 is 2. The van der Waals surface area contributed by atoms with Crippen molar-refractivity contribution in [1.82, 2.24) is 5.32 Å². The first-order chi connectivity index (χ1) is 10.1. The van der Waals surface area contributed by atoms with Crippen LogP contribution in [0.25, 0.3) is 0 Å². The molecule has 0 aliphatic rings. The van der Waals surface area contributed by atoms with Crippen LogP contribution in [0, 0.1) is 0 Å². The molecule has 1 heterocycles. The molecule has 0 fully saturated rings. The van der Waals surface area contributed by atoms with Crippen molar-refractivity contribution in [2.45, 2.75) is 13.0 Å². The fraction of sp³-hybridized carbons (Fsp3) is 0.333. The van der Waals surface area contributed by atoms with E-state index in [0.29, 0.717) is 16.5 Å². The topological polar surface area (TPSA) is 30.5 Å². The van der Waals surface area contributed by atoms with Crippen LogP contribution in [0.3, 0.4) is 0 Å². The van der Waals surface area contributed by atoms with Crippen LogP contribution >= 0.6 is 38.9 Å². The van der Waals surface area contributed by atoms with Gasteiger partial charge >= 0.3 is 0 Å². The van der Waals surface area contributed by atoms with E-state index in [-0.39, 0.29) is 6.04 Å². The van der Waals surface area contributed by atoms with Gasteiger partial charge in [-0.1, -0.05) is 18.5 Å². The summed E-state index contributed by atoms with van der Waals surface area (Å²) < 4.78 is 11.9. The fourth-order valence-electron chi connectivity index (χ4n) is 2.20. The highest BCUT2D eigenvalue weighted by molar-refractivity contribution is 9.11. The van der Waals surface area contributed by atoms with Gasteiger partial charge in [0.05, 0.1) is 24.0 Å². The first kappa shape index (κ1) is 16.6. The third-order valence-electron chi connectivity index (χ3n) is 3.11. The molecule has 0 aliphatic heterocycles. The summed E-state index contributed by atoms with van der Waals surface area (Å²) in [5, 5.41) is 3.97. The van der Waals surface area contributed by atoms with Gasteiger partial charge in [-0.05, 0) is 46.7 Å². The Bertz CT molecular complexity index is 618. The van der Waals surface area contributed by atoms with E-state index in [1.807, 2.05) is 18.2 Å². The number of ether oxygens (including phenoxy) is 2. The predicted molar refractivity (Wildman–Crippen MR) is 92.1 cm³/mol. The van der Waals surface area contributed by atoms with Crippen molar-refractivity contribution in [3.8, 4) is 11.5 Å². The molecule has 0 aliphatic carbocycles. The summed E-state index contributed by atoms with van der Waals surface area (Å²) in [5.74, 6) is 1.26. The Balaban J connectivity index is 2.52. The molecular formula is C15H17BrClNO2S. The maximum absolute atomic E-state index is 6.37. The molecule has 114 valence electrons. The third kappa shape index (κ3) is 3.54. The first-order valence-electron chi connectivity index (χ1n) is 6.51. The normalized spacial score (nSPS) is 12.2. The van der Waals surface area contributed by atoms with Crippen LogP contribution in [0.4, 0.5) is 0 Å². The SMILES string of the molecule is CCNC(c1ccc(Br)s1)c1ccc(OC)c(Cl)c1OC. The number of thiophene rings is 1. The highest BCUT2D eigenvalue weighted by atomic mass is 79.9. The molecule has 0 saturated carbocycles. The second-order valence-electron chi connectivity index (χ2n) is 4.34. The molecule has 0 amide bonds. The molecule has 1 unspecified atom stereocenters. The fourth-order valence-corrected chi connectivity index (χ4v) is 4.04. The largest absolute Gasteiger partial charge is 0.495 e. The van der Waals surface area contributed by atoms with Crippen molar-refractivity contribution in [2.75, 3.05) is 20.8 Å². The minimum atomic E-state index is 0.0321. The molecule has 3 nitrogen and oxygen atoms in total. The Morgan fingerprint density at radius 1 is 1.24 bits per heavy atom. The lowest BCUT2D eigenvalue weighted by atomic mass is 10.0. The minimum Gasteiger partial charge on any atom is -0.495 e. The number of hydrogen-bond acceptors (Lipinski definition) is 4. The van der Waals surface area contributed by atoms with E-state index in [9.17, 15) is 0 Å². The van der Waals surface area contributed by atoms with Gasteiger partial charge in [-0.3, -0.25) is 0 Å². The van der Waals surface area contributed by atoms with Crippen LogP contribution in [-0.4, -0.2) is 20.8 Å². The number of halogens is 2. The lowest BCUT2D eigenvalue weighted by molar-refractivity contribution is 0.388. The van der Waals surface area contributed by atoms with Crippen molar-refractivity contribution in [3.05, 3.63) is 43.5 Å². The summed E-state index contributed by atoms with van der Waals surface area (Å²) in [4.78, 5) is 1.20. The summed E-state index contributed by atoms with van der Waals surface area (Å²) in [6, 6.07) is 8.03. The average Bonchev–Trinajstić information content (AvgIpc) is 2.91. The van der Waals surface area contributed by atoms with Crippen molar-refractivity contribution in [2.24, 2.45) is 0 Å². The van der Waals surface area contributed by atoms with Gasteiger partial charge in [0, 0.05) is 10.4 Å². The second-order valence-corrected chi connectivity index (χ2v) is 7.21. The zero-order valence-electron chi connectivity index (χ0n) is 12.1. The van der Waals surface area contributed by atoms with Gasteiger partial charge in [-0.25, -0.2) is 0 Å². The Hall–Kier alpha value is -0.750. The van der Waals surface area contributed by atoms with E-state index < -0.39 is 0 Å². The van der Waals surface area contributed by atoms with Crippen LogP contribution in [0.5, 0.6) is 11.5 Å². The van der Waals surface area contributed by atoms with Gasteiger partial charge in [-0.2, -0.15) is 0 Å². The summed E-state index contributed by atoms with van der Waals surface area (Å²) in [7, 11) is 3.22. The highest BCUT2D eigenvalue weighted by Gasteiger charge is 2.22. The van der Waals surface area contributed by atoms with Crippen LogP contribution < -0.4 is 14.8 Å². The quantitative estimate of drug-likeness (QED) is 0.762. The maximum Gasteiger partial charge on any atom is 0.146 e. The molecule has 1 aromatic carbocycles. The molecule has 1 N–H and O–H groups in total.